The molecule has 0 saturated heterocycles. The zero-order chi connectivity index (χ0) is 28.1. The van der Waals surface area contributed by atoms with E-state index in [2.05, 4.69) is 5.32 Å². The number of halogens is 4. The number of rotatable bonds is 10. The van der Waals surface area contributed by atoms with Crippen molar-refractivity contribution >= 4 is 39.1 Å². The summed E-state index contributed by atoms with van der Waals surface area (Å²) in [6.45, 7) is 0.909. The van der Waals surface area contributed by atoms with Gasteiger partial charge in [0.25, 0.3) is 0 Å². The highest BCUT2D eigenvalue weighted by molar-refractivity contribution is 7.92. The van der Waals surface area contributed by atoms with E-state index < -0.39 is 45.9 Å². The Morgan fingerprint density at radius 2 is 1.74 bits per heavy atom. The van der Waals surface area contributed by atoms with E-state index in [1.165, 1.54) is 4.90 Å². The number of hydrogen-bond donors (Lipinski definition) is 1. The summed E-state index contributed by atoms with van der Waals surface area (Å²) in [7, 11) is -4.24. The van der Waals surface area contributed by atoms with Crippen LogP contribution in [0.4, 0.5) is 18.9 Å². The number of benzene rings is 2. The summed E-state index contributed by atoms with van der Waals surface area (Å²) < 4.78 is 66.1. The standard InChI is InChI=1S/C26H31ClF3N3O4S/c1-3-22(25(35)31-20-11-7-8-12-20)32(16-18-9-5-4-6-10-18)24(34)17-33(38(2,36)37)23-15-19(26(28,29)30)13-14-21(23)27/h4-6,9-10,13-15,20,22H,3,7-8,11-12,16-17H2,1-2H3,(H,31,35)/t22-/m1/s1. The van der Waals surface area contributed by atoms with E-state index in [1.54, 1.807) is 37.3 Å². The first-order valence-electron chi connectivity index (χ1n) is 12.3. The molecule has 0 bridgehead atoms. The maximum Gasteiger partial charge on any atom is 0.416 e. The number of carbonyl (C=O) groups excluding carboxylic acids is 2. The topological polar surface area (TPSA) is 86.8 Å². The van der Waals surface area contributed by atoms with Gasteiger partial charge in [0.1, 0.15) is 12.6 Å². The molecule has 1 atom stereocenters. The van der Waals surface area contributed by atoms with Crippen LogP contribution in [0.25, 0.3) is 0 Å². The van der Waals surface area contributed by atoms with Gasteiger partial charge in [-0.05, 0) is 43.0 Å². The molecule has 2 aromatic rings. The molecule has 0 radical (unpaired) electrons. The number of amides is 2. The van der Waals surface area contributed by atoms with E-state index in [9.17, 15) is 31.2 Å². The summed E-state index contributed by atoms with van der Waals surface area (Å²) in [6, 6.07) is 10.2. The summed E-state index contributed by atoms with van der Waals surface area (Å²) in [5.74, 6) is -1.10. The molecule has 0 spiro atoms. The average molecular weight is 574 g/mol. The fourth-order valence-corrected chi connectivity index (χ4v) is 5.66. The van der Waals surface area contributed by atoms with E-state index >= 15 is 0 Å². The van der Waals surface area contributed by atoms with Crippen molar-refractivity contribution in [2.24, 2.45) is 0 Å². The molecule has 0 aliphatic heterocycles. The molecule has 1 saturated carbocycles. The van der Waals surface area contributed by atoms with Crippen LogP contribution in [0.1, 0.15) is 50.2 Å². The Bertz CT molecular complexity index is 1240. The second-order valence-electron chi connectivity index (χ2n) is 9.35. The van der Waals surface area contributed by atoms with Crippen molar-refractivity contribution in [1.29, 1.82) is 0 Å². The van der Waals surface area contributed by atoms with Crippen LogP contribution in [0.2, 0.25) is 5.02 Å². The minimum absolute atomic E-state index is 0.00154. The van der Waals surface area contributed by atoms with Crippen molar-refractivity contribution in [1.82, 2.24) is 10.2 Å². The van der Waals surface area contributed by atoms with Crippen LogP contribution in [0.15, 0.2) is 48.5 Å². The lowest BCUT2D eigenvalue weighted by Crippen LogP contribution is -2.53. The van der Waals surface area contributed by atoms with Crippen molar-refractivity contribution in [3.63, 3.8) is 0 Å². The third-order valence-corrected chi connectivity index (χ3v) is 7.95. The molecule has 1 N–H and O–H groups in total. The van der Waals surface area contributed by atoms with Gasteiger partial charge in [-0.3, -0.25) is 13.9 Å². The second kappa shape index (κ2) is 12.4. The summed E-state index contributed by atoms with van der Waals surface area (Å²) in [6.07, 6.45) is -0.0549. The first-order valence-corrected chi connectivity index (χ1v) is 14.5. The van der Waals surface area contributed by atoms with Gasteiger partial charge >= 0.3 is 6.18 Å². The first kappa shape index (κ1) is 29.8. The van der Waals surface area contributed by atoms with E-state index in [0.29, 0.717) is 15.9 Å². The van der Waals surface area contributed by atoms with Crippen LogP contribution in [0.5, 0.6) is 0 Å². The van der Waals surface area contributed by atoms with E-state index in [0.717, 1.165) is 44.1 Å². The van der Waals surface area contributed by atoms with Crippen LogP contribution in [0.3, 0.4) is 0 Å². The molecular formula is C26H31ClF3N3O4S. The summed E-state index contributed by atoms with van der Waals surface area (Å²) in [5, 5.41) is 2.72. The maximum absolute atomic E-state index is 13.7. The Hall–Kier alpha value is -2.79. The zero-order valence-corrected chi connectivity index (χ0v) is 22.7. The summed E-state index contributed by atoms with van der Waals surface area (Å²) in [4.78, 5) is 28.2. The number of hydrogen-bond acceptors (Lipinski definition) is 4. The highest BCUT2D eigenvalue weighted by Gasteiger charge is 2.35. The molecule has 2 amide bonds. The van der Waals surface area contributed by atoms with Crippen molar-refractivity contribution < 1.29 is 31.2 Å². The van der Waals surface area contributed by atoms with Crippen molar-refractivity contribution in [2.45, 2.75) is 63.8 Å². The molecule has 12 heteroatoms. The molecule has 3 rings (SSSR count). The Morgan fingerprint density at radius 1 is 1.11 bits per heavy atom. The van der Waals surface area contributed by atoms with Crippen molar-refractivity contribution in [3.8, 4) is 0 Å². The maximum atomic E-state index is 13.7. The first-order chi connectivity index (χ1) is 17.8. The fourth-order valence-electron chi connectivity index (χ4n) is 4.54. The molecule has 208 valence electrons. The van der Waals surface area contributed by atoms with Crippen molar-refractivity contribution in [3.05, 3.63) is 64.7 Å². The molecular weight excluding hydrogens is 543 g/mol. The number of nitrogens with one attached hydrogen (secondary N) is 1. The van der Waals surface area contributed by atoms with Crippen molar-refractivity contribution in [2.75, 3.05) is 17.1 Å². The van der Waals surface area contributed by atoms with Gasteiger partial charge in [0, 0.05) is 12.6 Å². The molecule has 7 nitrogen and oxygen atoms in total. The smallest absolute Gasteiger partial charge is 0.352 e. The summed E-state index contributed by atoms with van der Waals surface area (Å²) >= 11 is 6.11. The van der Waals surface area contributed by atoms with E-state index in [1.807, 2.05) is 0 Å². The number of sulfonamides is 1. The quantitative estimate of drug-likeness (QED) is 0.434. The predicted octanol–water partition coefficient (Wildman–Crippen LogP) is 4.99. The molecule has 0 aromatic heterocycles. The molecule has 38 heavy (non-hydrogen) atoms. The number of carbonyl (C=O) groups is 2. The summed E-state index contributed by atoms with van der Waals surface area (Å²) in [5.41, 5.74) is -0.877. The number of alkyl halides is 3. The third kappa shape index (κ3) is 7.63. The lowest BCUT2D eigenvalue weighted by Gasteiger charge is -2.33. The minimum Gasteiger partial charge on any atom is -0.352 e. The monoisotopic (exact) mass is 573 g/mol. The highest BCUT2D eigenvalue weighted by Crippen LogP contribution is 2.36. The normalized spacial score (nSPS) is 15.2. The van der Waals surface area contributed by atoms with Crippen LogP contribution < -0.4 is 9.62 Å². The average Bonchev–Trinajstić information content (AvgIpc) is 3.35. The van der Waals surface area contributed by atoms with Crippen LogP contribution in [0, 0.1) is 0 Å². The van der Waals surface area contributed by atoms with Gasteiger partial charge in [-0.1, -0.05) is 61.7 Å². The zero-order valence-electron chi connectivity index (χ0n) is 21.2. The molecule has 2 aromatic carbocycles. The Balaban J connectivity index is 1.97. The lowest BCUT2D eigenvalue weighted by molar-refractivity contribution is -0.140. The van der Waals surface area contributed by atoms with Gasteiger partial charge < -0.3 is 10.2 Å². The van der Waals surface area contributed by atoms with E-state index in [4.69, 9.17) is 11.6 Å². The molecule has 1 aliphatic rings. The number of anilines is 1. The van der Waals surface area contributed by atoms with Crippen LogP contribution >= 0.6 is 11.6 Å². The van der Waals surface area contributed by atoms with Crippen LogP contribution in [-0.4, -0.2) is 50.0 Å². The van der Waals surface area contributed by atoms with Gasteiger partial charge in [0.05, 0.1) is 22.5 Å². The molecule has 1 fully saturated rings. The third-order valence-electron chi connectivity index (χ3n) is 6.50. The molecule has 0 heterocycles. The Morgan fingerprint density at radius 3 is 2.29 bits per heavy atom. The van der Waals surface area contributed by atoms with Gasteiger partial charge in [0.15, 0.2) is 0 Å². The largest absolute Gasteiger partial charge is 0.416 e. The van der Waals surface area contributed by atoms with Gasteiger partial charge in [-0.25, -0.2) is 8.42 Å². The lowest BCUT2D eigenvalue weighted by atomic mass is 10.1. The second-order valence-corrected chi connectivity index (χ2v) is 11.7. The van der Waals surface area contributed by atoms with Crippen LogP contribution in [-0.2, 0) is 32.3 Å². The minimum atomic E-state index is -4.75. The SMILES string of the molecule is CC[C@H](C(=O)NC1CCCC1)N(Cc1ccccc1)C(=O)CN(c1cc(C(F)(F)F)ccc1Cl)S(C)(=O)=O. The fraction of sp³-hybridized carbons (Fsp3) is 0.462. The van der Waals surface area contributed by atoms with Gasteiger partial charge in [-0.15, -0.1) is 0 Å². The van der Waals surface area contributed by atoms with E-state index in [-0.39, 0.29) is 29.9 Å². The molecule has 0 unspecified atom stereocenters. The number of nitrogens with zero attached hydrogens (tertiary/aromatic N) is 2. The molecule has 1 aliphatic carbocycles. The Labute approximate surface area is 226 Å². The predicted molar refractivity (Wildman–Crippen MR) is 140 cm³/mol. The highest BCUT2D eigenvalue weighted by atomic mass is 35.5. The van der Waals surface area contributed by atoms with Gasteiger partial charge in [-0.2, -0.15) is 13.2 Å². The Kier molecular flexibility index (Phi) is 9.69. The van der Waals surface area contributed by atoms with Gasteiger partial charge in [0.2, 0.25) is 21.8 Å².